The quantitative estimate of drug-likeness (QED) is 0.497. The molecule has 2 amide bonds. The number of methoxy groups -OCH3 is 1. The first-order valence-electron chi connectivity index (χ1n) is 10.4. The van der Waals surface area contributed by atoms with Crippen molar-refractivity contribution < 1.29 is 19.1 Å². The van der Waals surface area contributed by atoms with Gasteiger partial charge in [-0.05, 0) is 48.6 Å². The summed E-state index contributed by atoms with van der Waals surface area (Å²) in [6.07, 6.45) is 0.804. The number of esters is 1. The van der Waals surface area contributed by atoms with E-state index in [0.717, 1.165) is 5.56 Å². The molecule has 32 heavy (non-hydrogen) atoms. The topological polar surface area (TPSA) is 111 Å². The van der Waals surface area contributed by atoms with Gasteiger partial charge >= 0.3 is 5.97 Å². The molecule has 2 aromatic rings. The molecule has 0 spiro atoms. The molecule has 0 heterocycles. The van der Waals surface area contributed by atoms with Gasteiger partial charge in [-0.1, -0.05) is 49.7 Å². The first kappa shape index (κ1) is 25.4. The summed E-state index contributed by atoms with van der Waals surface area (Å²) in [5.41, 5.74) is 8.31. The Morgan fingerprint density at radius 2 is 1.75 bits per heavy atom. The zero-order chi connectivity index (χ0) is 23.8. The van der Waals surface area contributed by atoms with Crippen LogP contribution >= 0.6 is 11.6 Å². The highest BCUT2D eigenvalue weighted by atomic mass is 35.5. The highest BCUT2D eigenvalue weighted by Gasteiger charge is 2.24. The average Bonchev–Trinajstić information content (AvgIpc) is 2.73. The Kier molecular flexibility index (Phi) is 9.23. The van der Waals surface area contributed by atoms with Crippen molar-refractivity contribution in [2.75, 3.05) is 12.4 Å². The second-order valence-corrected chi connectivity index (χ2v) is 8.51. The summed E-state index contributed by atoms with van der Waals surface area (Å²) in [7, 11) is 1.27. The Balaban J connectivity index is 2.09. The summed E-state index contributed by atoms with van der Waals surface area (Å²) in [5.74, 6) is -0.953. The molecule has 172 valence electrons. The standard InChI is InChI=1S/C24H30ClN3O4/c1-14(2)12-19(26)22(29)27-17-10-8-16(9-11-17)13-20(24(31)32-4)28-23(30)21-15(3)6-5-7-18(21)25/h5-11,14,19-20H,12-13,26H2,1-4H3,(H,27,29)(H,28,30). The van der Waals surface area contributed by atoms with E-state index in [4.69, 9.17) is 22.1 Å². The Morgan fingerprint density at radius 1 is 1.09 bits per heavy atom. The summed E-state index contributed by atoms with van der Waals surface area (Å²) in [4.78, 5) is 37.2. The summed E-state index contributed by atoms with van der Waals surface area (Å²) in [6.45, 7) is 5.78. The highest BCUT2D eigenvalue weighted by Crippen LogP contribution is 2.20. The van der Waals surface area contributed by atoms with E-state index < -0.39 is 24.0 Å². The van der Waals surface area contributed by atoms with E-state index in [-0.39, 0.29) is 12.3 Å². The summed E-state index contributed by atoms with van der Waals surface area (Å²) < 4.78 is 4.86. The number of nitrogens with two attached hydrogens (primary N) is 1. The lowest BCUT2D eigenvalue weighted by molar-refractivity contribution is -0.142. The van der Waals surface area contributed by atoms with Crippen molar-refractivity contribution in [3.63, 3.8) is 0 Å². The Morgan fingerprint density at radius 3 is 2.31 bits per heavy atom. The number of benzene rings is 2. The molecule has 0 saturated heterocycles. The van der Waals surface area contributed by atoms with Gasteiger partial charge in [0.25, 0.3) is 5.91 Å². The molecule has 0 aromatic heterocycles. The third kappa shape index (κ3) is 7.07. The van der Waals surface area contributed by atoms with Crippen LogP contribution in [-0.4, -0.2) is 37.0 Å². The monoisotopic (exact) mass is 459 g/mol. The molecule has 8 heteroatoms. The Bertz CT molecular complexity index is 940. The largest absolute Gasteiger partial charge is 0.467 e. The number of anilines is 1. The van der Waals surface area contributed by atoms with E-state index in [1.807, 2.05) is 13.8 Å². The predicted molar refractivity (Wildman–Crippen MR) is 126 cm³/mol. The van der Waals surface area contributed by atoms with Crippen molar-refractivity contribution in [1.29, 1.82) is 0 Å². The smallest absolute Gasteiger partial charge is 0.328 e. The van der Waals surface area contributed by atoms with Crippen LogP contribution in [0.4, 0.5) is 5.69 Å². The SMILES string of the molecule is COC(=O)C(Cc1ccc(NC(=O)C(N)CC(C)C)cc1)NC(=O)c1c(C)cccc1Cl. The molecule has 0 radical (unpaired) electrons. The van der Waals surface area contributed by atoms with Crippen molar-refractivity contribution in [3.8, 4) is 0 Å². The van der Waals surface area contributed by atoms with Crippen LogP contribution in [0.5, 0.6) is 0 Å². The molecule has 2 aromatic carbocycles. The van der Waals surface area contributed by atoms with Crippen LogP contribution < -0.4 is 16.4 Å². The number of hydrogen-bond acceptors (Lipinski definition) is 5. The molecular formula is C24H30ClN3O4. The van der Waals surface area contributed by atoms with Gasteiger partial charge in [-0.15, -0.1) is 0 Å². The van der Waals surface area contributed by atoms with E-state index in [1.165, 1.54) is 7.11 Å². The third-order valence-corrected chi connectivity index (χ3v) is 5.28. The fraction of sp³-hybridized carbons (Fsp3) is 0.375. The van der Waals surface area contributed by atoms with Gasteiger partial charge in [-0.3, -0.25) is 9.59 Å². The van der Waals surface area contributed by atoms with Crippen molar-refractivity contribution in [2.45, 2.75) is 45.7 Å². The van der Waals surface area contributed by atoms with Crippen LogP contribution in [0, 0.1) is 12.8 Å². The minimum absolute atomic E-state index is 0.211. The van der Waals surface area contributed by atoms with Gasteiger partial charge in [0.1, 0.15) is 6.04 Å². The van der Waals surface area contributed by atoms with Crippen molar-refractivity contribution >= 4 is 35.1 Å². The third-order valence-electron chi connectivity index (χ3n) is 4.96. The van der Waals surface area contributed by atoms with Gasteiger partial charge in [0.05, 0.1) is 23.7 Å². The number of amides is 2. The van der Waals surface area contributed by atoms with Gasteiger partial charge in [0.2, 0.25) is 5.91 Å². The zero-order valence-corrected chi connectivity index (χ0v) is 19.5. The number of nitrogens with one attached hydrogen (secondary N) is 2. The van der Waals surface area contributed by atoms with E-state index in [9.17, 15) is 14.4 Å². The fourth-order valence-corrected chi connectivity index (χ4v) is 3.60. The molecular weight excluding hydrogens is 430 g/mol. The maximum absolute atomic E-state index is 12.8. The van der Waals surface area contributed by atoms with E-state index in [1.54, 1.807) is 49.4 Å². The average molecular weight is 460 g/mol. The lowest BCUT2D eigenvalue weighted by atomic mass is 10.0. The molecule has 2 unspecified atom stereocenters. The number of ether oxygens (including phenoxy) is 1. The number of carbonyl (C=O) groups is 3. The first-order valence-corrected chi connectivity index (χ1v) is 10.8. The molecule has 0 aliphatic carbocycles. The van der Waals surface area contributed by atoms with E-state index in [0.29, 0.717) is 34.2 Å². The molecule has 2 rings (SSSR count). The number of rotatable bonds is 9. The number of carbonyl (C=O) groups excluding carboxylic acids is 3. The number of hydrogen-bond donors (Lipinski definition) is 3. The van der Waals surface area contributed by atoms with Crippen molar-refractivity contribution in [3.05, 3.63) is 64.2 Å². The fourth-order valence-electron chi connectivity index (χ4n) is 3.30. The van der Waals surface area contributed by atoms with Gasteiger partial charge in [0, 0.05) is 12.1 Å². The molecule has 0 saturated carbocycles. The van der Waals surface area contributed by atoms with Gasteiger partial charge in [-0.25, -0.2) is 4.79 Å². The Labute approximate surface area is 193 Å². The molecule has 0 bridgehead atoms. The van der Waals surface area contributed by atoms with Gasteiger partial charge in [-0.2, -0.15) is 0 Å². The van der Waals surface area contributed by atoms with E-state index >= 15 is 0 Å². The van der Waals surface area contributed by atoms with Crippen LogP contribution in [0.2, 0.25) is 5.02 Å². The van der Waals surface area contributed by atoms with Crippen LogP contribution in [0.3, 0.4) is 0 Å². The van der Waals surface area contributed by atoms with Gasteiger partial charge < -0.3 is 21.1 Å². The molecule has 0 aliphatic rings. The lowest BCUT2D eigenvalue weighted by Crippen LogP contribution is -2.43. The summed E-state index contributed by atoms with van der Waals surface area (Å²) in [6, 6.07) is 10.7. The number of halogens is 1. The molecule has 4 N–H and O–H groups in total. The minimum atomic E-state index is -0.900. The van der Waals surface area contributed by atoms with Crippen molar-refractivity contribution in [2.24, 2.45) is 11.7 Å². The maximum Gasteiger partial charge on any atom is 0.328 e. The van der Waals surface area contributed by atoms with Crippen LogP contribution in [-0.2, 0) is 20.7 Å². The highest BCUT2D eigenvalue weighted by molar-refractivity contribution is 6.34. The van der Waals surface area contributed by atoms with Gasteiger partial charge in [0.15, 0.2) is 0 Å². The molecule has 0 aliphatic heterocycles. The van der Waals surface area contributed by atoms with Crippen LogP contribution in [0.25, 0.3) is 0 Å². The zero-order valence-electron chi connectivity index (χ0n) is 18.8. The molecule has 2 atom stereocenters. The van der Waals surface area contributed by atoms with Crippen LogP contribution in [0.15, 0.2) is 42.5 Å². The first-order chi connectivity index (χ1) is 15.1. The second kappa shape index (κ2) is 11.6. The molecule has 0 fully saturated rings. The minimum Gasteiger partial charge on any atom is -0.467 e. The summed E-state index contributed by atoms with van der Waals surface area (Å²) in [5, 5.41) is 5.80. The van der Waals surface area contributed by atoms with E-state index in [2.05, 4.69) is 10.6 Å². The predicted octanol–water partition coefficient (Wildman–Crippen LogP) is 3.47. The Hall–Kier alpha value is -2.90. The number of aryl methyl sites for hydroxylation is 1. The van der Waals surface area contributed by atoms with Crippen molar-refractivity contribution in [1.82, 2.24) is 5.32 Å². The normalized spacial score (nSPS) is 12.7. The maximum atomic E-state index is 12.8. The lowest BCUT2D eigenvalue weighted by Gasteiger charge is -2.18. The second-order valence-electron chi connectivity index (χ2n) is 8.11. The molecule has 7 nitrogen and oxygen atoms in total. The summed E-state index contributed by atoms with van der Waals surface area (Å²) >= 11 is 6.17. The van der Waals surface area contributed by atoms with Crippen LogP contribution in [0.1, 0.15) is 41.8 Å².